The molecule has 0 radical (unpaired) electrons. The minimum absolute atomic E-state index is 0.604. The third-order valence-electron chi connectivity index (χ3n) is 4.23. The second-order valence-electron chi connectivity index (χ2n) is 6.52. The van der Waals surface area contributed by atoms with E-state index in [0.29, 0.717) is 5.41 Å². The first-order valence-electron chi connectivity index (χ1n) is 6.83. The van der Waals surface area contributed by atoms with Crippen LogP contribution in [-0.4, -0.2) is 12.6 Å². The molecule has 0 aliphatic heterocycles. The van der Waals surface area contributed by atoms with Gasteiger partial charge in [0.05, 0.1) is 0 Å². The lowest BCUT2D eigenvalue weighted by Gasteiger charge is -2.31. The summed E-state index contributed by atoms with van der Waals surface area (Å²) < 4.78 is 0. The summed E-state index contributed by atoms with van der Waals surface area (Å²) in [5.74, 6) is 1.89. The molecule has 88 valence electrons. The highest BCUT2D eigenvalue weighted by Crippen LogP contribution is 2.48. The van der Waals surface area contributed by atoms with Crippen LogP contribution in [0, 0.1) is 17.3 Å². The highest BCUT2D eigenvalue weighted by Gasteiger charge is 2.41. The van der Waals surface area contributed by atoms with Crippen LogP contribution in [0.25, 0.3) is 0 Å². The maximum atomic E-state index is 3.74. The molecule has 2 aliphatic carbocycles. The summed E-state index contributed by atoms with van der Waals surface area (Å²) >= 11 is 0. The minimum Gasteiger partial charge on any atom is -0.313 e. The van der Waals surface area contributed by atoms with Gasteiger partial charge in [-0.3, -0.25) is 0 Å². The van der Waals surface area contributed by atoms with Crippen molar-refractivity contribution in [3.8, 4) is 0 Å². The van der Waals surface area contributed by atoms with Gasteiger partial charge in [-0.25, -0.2) is 0 Å². The highest BCUT2D eigenvalue weighted by molar-refractivity contribution is 4.94. The van der Waals surface area contributed by atoms with Gasteiger partial charge in [-0.2, -0.15) is 0 Å². The molecule has 1 nitrogen and oxygen atoms in total. The molecule has 0 aromatic carbocycles. The van der Waals surface area contributed by atoms with Crippen molar-refractivity contribution in [3.63, 3.8) is 0 Å². The number of hydrogen-bond acceptors (Lipinski definition) is 1. The van der Waals surface area contributed by atoms with Crippen molar-refractivity contribution in [2.45, 2.75) is 65.3 Å². The summed E-state index contributed by atoms with van der Waals surface area (Å²) in [4.78, 5) is 0. The fourth-order valence-electron chi connectivity index (χ4n) is 2.50. The highest BCUT2D eigenvalue weighted by atomic mass is 15.0. The van der Waals surface area contributed by atoms with Gasteiger partial charge in [-0.05, 0) is 49.4 Å². The summed E-state index contributed by atoms with van der Waals surface area (Å²) in [6.45, 7) is 8.49. The summed E-state index contributed by atoms with van der Waals surface area (Å²) in [6, 6.07) is 0.877. The van der Waals surface area contributed by atoms with Crippen LogP contribution >= 0.6 is 0 Å². The largest absolute Gasteiger partial charge is 0.313 e. The Hall–Kier alpha value is -0.0400. The first-order valence-corrected chi connectivity index (χ1v) is 6.83. The Morgan fingerprint density at radius 1 is 1.20 bits per heavy atom. The first kappa shape index (κ1) is 11.4. The third-order valence-corrected chi connectivity index (χ3v) is 4.23. The molecule has 0 amide bonds. The Bertz CT molecular complexity index is 195. The van der Waals surface area contributed by atoms with Crippen molar-refractivity contribution < 1.29 is 0 Å². The Balaban J connectivity index is 1.78. The van der Waals surface area contributed by atoms with Crippen LogP contribution in [0.15, 0.2) is 0 Å². The molecule has 0 aromatic rings. The summed E-state index contributed by atoms with van der Waals surface area (Å²) in [7, 11) is 0. The van der Waals surface area contributed by atoms with Crippen LogP contribution < -0.4 is 5.32 Å². The first-order chi connectivity index (χ1) is 7.10. The molecule has 2 saturated carbocycles. The zero-order valence-electron chi connectivity index (χ0n) is 10.7. The lowest BCUT2D eigenvalue weighted by Crippen LogP contribution is -2.35. The van der Waals surface area contributed by atoms with E-state index in [-0.39, 0.29) is 0 Å². The van der Waals surface area contributed by atoms with Crippen LogP contribution in [-0.2, 0) is 0 Å². The SMILES string of the molecule is CC(C)CCC(C)(CNC1CC1)C1CC1. The van der Waals surface area contributed by atoms with Crippen LogP contribution in [0.1, 0.15) is 59.3 Å². The maximum absolute atomic E-state index is 3.74. The monoisotopic (exact) mass is 209 g/mol. The van der Waals surface area contributed by atoms with Crippen molar-refractivity contribution in [1.29, 1.82) is 0 Å². The van der Waals surface area contributed by atoms with E-state index >= 15 is 0 Å². The van der Waals surface area contributed by atoms with Gasteiger partial charge < -0.3 is 5.32 Å². The number of nitrogens with one attached hydrogen (secondary N) is 1. The van der Waals surface area contributed by atoms with E-state index in [0.717, 1.165) is 17.9 Å². The quantitative estimate of drug-likeness (QED) is 0.675. The molecule has 15 heavy (non-hydrogen) atoms. The molecule has 2 fully saturated rings. The van der Waals surface area contributed by atoms with Crippen molar-refractivity contribution in [3.05, 3.63) is 0 Å². The van der Waals surface area contributed by atoms with Crippen LogP contribution in [0.4, 0.5) is 0 Å². The van der Waals surface area contributed by atoms with Gasteiger partial charge in [-0.15, -0.1) is 0 Å². The molecule has 0 spiro atoms. The topological polar surface area (TPSA) is 12.0 Å². The van der Waals surface area contributed by atoms with Crippen molar-refractivity contribution in [2.75, 3.05) is 6.54 Å². The minimum atomic E-state index is 0.604. The summed E-state index contributed by atoms with van der Waals surface area (Å²) in [6.07, 6.45) is 8.64. The zero-order valence-corrected chi connectivity index (χ0v) is 10.7. The molecular formula is C14H27N. The molecule has 2 rings (SSSR count). The Morgan fingerprint density at radius 2 is 1.87 bits per heavy atom. The van der Waals surface area contributed by atoms with E-state index in [1.807, 2.05) is 0 Å². The van der Waals surface area contributed by atoms with Crippen molar-refractivity contribution in [2.24, 2.45) is 17.3 Å². The Labute approximate surface area is 95.0 Å². The van der Waals surface area contributed by atoms with Gasteiger partial charge in [0.15, 0.2) is 0 Å². The summed E-state index contributed by atoms with van der Waals surface area (Å²) in [5.41, 5.74) is 0.604. The maximum Gasteiger partial charge on any atom is 0.00684 e. The molecule has 0 heterocycles. The molecule has 2 aliphatic rings. The van der Waals surface area contributed by atoms with Crippen molar-refractivity contribution in [1.82, 2.24) is 5.32 Å². The van der Waals surface area contributed by atoms with Gasteiger partial charge in [0, 0.05) is 12.6 Å². The summed E-state index contributed by atoms with van der Waals surface area (Å²) in [5, 5.41) is 3.74. The van der Waals surface area contributed by atoms with Gasteiger partial charge in [0.2, 0.25) is 0 Å². The van der Waals surface area contributed by atoms with Crippen LogP contribution in [0.5, 0.6) is 0 Å². The molecule has 0 saturated heterocycles. The molecule has 1 atom stereocenters. The van der Waals surface area contributed by atoms with E-state index in [2.05, 4.69) is 26.1 Å². The second-order valence-corrected chi connectivity index (χ2v) is 6.52. The molecular weight excluding hydrogens is 182 g/mol. The lowest BCUT2D eigenvalue weighted by atomic mass is 9.78. The molecule has 0 bridgehead atoms. The van der Waals surface area contributed by atoms with Gasteiger partial charge in [-0.1, -0.05) is 27.2 Å². The average Bonchev–Trinajstić information content (AvgIpc) is 3.04. The van der Waals surface area contributed by atoms with E-state index < -0.39 is 0 Å². The predicted octanol–water partition coefficient (Wildman–Crippen LogP) is 3.59. The van der Waals surface area contributed by atoms with Crippen molar-refractivity contribution >= 4 is 0 Å². The molecule has 0 aromatic heterocycles. The number of rotatable bonds is 7. The standard InChI is InChI=1S/C14H27N/c1-11(2)8-9-14(3,12-4-5-12)10-15-13-6-7-13/h11-13,15H,4-10H2,1-3H3. The van der Waals surface area contributed by atoms with E-state index in [1.54, 1.807) is 0 Å². The van der Waals surface area contributed by atoms with Crippen LogP contribution in [0.2, 0.25) is 0 Å². The predicted molar refractivity (Wildman–Crippen MR) is 65.9 cm³/mol. The lowest BCUT2D eigenvalue weighted by molar-refractivity contribution is 0.219. The Kier molecular flexibility index (Phi) is 3.39. The molecule has 1 heteroatoms. The van der Waals surface area contributed by atoms with E-state index in [4.69, 9.17) is 0 Å². The smallest absolute Gasteiger partial charge is 0.00684 e. The fourth-order valence-corrected chi connectivity index (χ4v) is 2.50. The van der Waals surface area contributed by atoms with Gasteiger partial charge in [0.1, 0.15) is 0 Å². The van der Waals surface area contributed by atoms with E-state index in [9.17, 15) is 0 Å². The van der Waals surface area contributed by atoms with E-state index in [1.165, 1.54) is 45.1 Å². The Morgan fingerprint density at radius 3 is 2.33 bits per heavy atom. The average molecular weight is 209 g/mol. The van der Waals surface area contributed by atoms with Gasteiger partial charge in [0.25, 0.3) is 0 Å². The molecule has 1 unspecified atom stereocenters. The fraction of sp³-hybridized carbons (Fsp3) is 1.00. The zero-order chi connectivity index (χ0) is 10.9. The van der Waals surface area contributed by atoms with Gasteiger partial charge >= 0.3 is 0 Å². The third kappa shape index (κ3) is 3.48. The number of hydrogen-bond donors (Lipinski definition) is 1. The van der Waals surface area contributed by atoms with Crippen LogP contribution in [0.3, 0.4) is 0 Å². The second kappa shape index (κ2) is 4.45. The normalized spacial score (nSPS) is 25.6. The molecule has 1 N–H and O–H groups in total.